The number of ether oxygens (including phenoxy) is 1. The van der Waals surface area contributed by atoms with E-state index in [0.717, 1.165) is 28.1 Å². The number of para-hydroxylation sites is 1. The second-order valence-corrected chi connectivity index (χ2v) is 8.13. The highest BCUT2D eigenvalue weighted by atomic mass is 32.2. The molecule has 0 bridgehead atoms. The Morgan fingerprint density at radius 1 is 1.43 bits per heavy atom. The normalized spacial score (nSPS) is 17.6. The first-order valence-electron chi connectivity index (χ1n) is 6.86. The summed E-state index contributed by atoms with van der Waals surface area (Å²) in [6, 6.07) is 7.94. The van der Waals surface area contributed by atoms with E-state index < -0.39 is 10.8 Å². The number of esters is 1. The standard InChI is InChI=1S/C15H17NO3S2/c1-19-14(17)8-15(6-7-15)10-21(18)9-13-16-11-4-2-3-5-12(11)20-13/h2-5H,6-10H2,1H3. The number of carbonyl (C=O) groups is 1. The molecular formula is C15H17NO3S2. The zero-order valence-corrected chi connectivity index (χ0v) is 13.5. The zero-order valence-electron chi connectivity index (χ0n) is 11.8. The van der Waals surface area contributed by atoms with Gasteiger partial charge in [-0.15, -0.1) is 11.3 Å². The molecule has 1 atom stereocenters. The molecule has 0 N–H and O–H groups in total. The number of nitrogens with zero attached hydrogens (tertiary/aromatic N) is 1. The lowest BCUT2D eigenvalue weighted by atomic mass is 10.1. The van der Waals surface area contributed by atoms with Gasteiger partial charge in [0.05, 0.1) is 29.5 Å². The van der Waals surface area contributed by atoms with Crippen molar-refractivity contribution >= 4 is 38.3 Å². The SMILES string of the molecule is COC(=O)CC1(CS(=O)Cc2nc3ccccc3s2)CC1. The van der Waals surface area contributed by atoms with Gasteiger partial charge in [0.25, 0.3) is 0 Å². The van der Waals surface area contributed by atoms with Crippen molar-refractivity contribution in [2.75, 3.05) is 12.9 Å². The van der Waals surface area contributed by atoms with Crippen LogP contribution in [0.4, 0.5) is 0 Å². The minimum Gasteiger partial charge on any atom is -0.469 e. The van der Waals surface area contributed by atoms with Crippen LogP contribution in [0.15, 0.2) is 24.3 Å². The van der Waals surface area contributed by atoms with Crippen LogP contribution in [0.1, 0.15) is 24.3 Å². The third-order valence-corrected chi connectivity index (χ3v) is 6.54. The van der Waals surface area contributed by atoms with Gasteiger partial charge in [-0.05, 0) is 30.4 Å². The van der Waals surface area contributed by atoms with Gasteiger partial charge >= 0.3 is 5.97 Å². The molecule has 0 radical (unpaired) electrons. The number of thiazole rings is 1. The summed E-state index contributed by atoms with van der Waals surface area (Å²) in [6.45, 7) is 0. The molecule has 21 heavy (non-hydrogen) atoms. The average molecular weight is 323 g/mol. The second-order valence-electron chi connectivity index (χ2n) is 5.56. The van der Waals surface area contributed by atoms with E-state index in [1.165, 1.54) is 7.11 Å². The Bertz CT molecular complexity index is 658. The van der Waals surface area contributed by atoms with Crippen LogP contribution in [-0.2, 0) is 26.1 Å². The summed E-state index contributed by atoms with van der Waals surface area (Å²) >= 11 is 1.59. The van der Waals surface area contributed by atoms with E-state index in [1.807, 2.05) is 24.3 Å². The summed E-state index contributed by atoms with van der Waals surface area (Å²) in [5.41, 5.74) is 0.874. The lowest BCUT2D eigenvalue weighted by Crippen LogP contribution is -2.18. The molecule has 112 valence electrons. The van der Waals surface area contributed by atoms with Gasteiger partial charge in [-0.3, -0.25) is 9.00 Å². The van der Waals surface area contributed by atoms with E-state index in [9.17, 15) is 9.00 Å². The Morgan fingerprint density at radius 3 is 2.86 bits per heavy atom. The van der Waals surface area contributed by atoms with E-state index >= 15 is 0 Å². The molecule has 0 amide bonds. The smallest absolute Gasteiger partial charge is 0.306 e. The molecule has 0 aliphatic heterocycles. The third-order valence-electron chi connectivity index (χ3n) is 3.79. The molecule has 1 aliphatic rings. The predicted molar refractivity (Wildman–Crippen MR) is 84.6 cm³/mol. The summed E-state index contributed by atoms with van der Waals surface area (Å²) in [6.07, 6.45) is 2.32. The maximum absolute atomic E-state index is 12.3. The third kappa shape index (κ3) is 3.49. The molecule has 1 saturated carbocycles. The van der Waals surface area contributed by atoms with Crippen molar-refractivity contribution < 1.29 is 13.7 Å². The van der Waals surface area contributed by atoms with Crippen LogP contribution in [0, 0.1) is 5.41 Å². The number of benzene rings is 1. The molecule has 1 aliphatic carbocycles. The van der Waals surface area contributed by atoms with Crippen LogP contribution in [0.3, 0.4) is 0 Å². The summed E-state index contributed by atoms with van der Waals surface area (Å²) in [7, 11) is 0.416. The highest BCUT2D eigenvalue weighted by Gasteiger charge is 2.45. The minimum atomic E-state index is -0.983. The molecular weight excluding hydrogens is 306 g/mol. The van der Waals surface area contributed by atoms with Gasteiger partial charge < -0.3 is 4.74 Å². The van der Waals surface area contributed by atoms with Gasteiger partial charge in [-0.1, -0.05) is 12.1 Å². The van der Waals surface area contributed by atoms with Crippen molar-refractivity contribution in [1.82, 2.24) is 4.98 Å². The van der Waals surface area contributed by atoms with Crippen LogP contribution in [0.5, 0.6) is 0 Å². The summed E-state index contributed by atoms with van der Waals surface area (Å²) in [5.74, 6) is 0.838. The molecule has 4 nitrogen and oxygen atoms in total. The first-order chi connectivity index (χ1) is 10.1. The molecule has 6 heteroatoms. The molecule has 0 spiro atoms. The molecule has 2 aromatic rings. The average Bonchev–Trinajstić information content (AvgIpc) is 3.07. The van der Waals surface area contributed by atoms with Crippen molar-refractivity contribution in [2.45, 2.75) is 25.0 Å². The quantitative estimate of drug-likeness (QED) is 0.767. The van der Waals surface area contributed by atoms with Crippen LogP contribution >= 0.6 is 11.3 Å². The van der Waals surface area contributed by atoms with E-state index in [1.54, 1.807) is 11.3 Å². The first-order valence-corrected chi connectivity index (χ1v) is 9.17. The maximum atomic E-state index is 12.3. The molecule has 1 fully saturated rings. The summed E-state index contributed by atoms with van der Waals surface area (Å²) in [5, 5.41) is 0.906. The van der Waals surface area contributed by atoms with Crippen molar-refractivity contribution in [3.05, 3.63) is 29.3 Å². The van der Waals surface area contributed by atoms with Crippen molar-refractivity contribution in [2.24, 2.45) is 5.41 Å². The summed E-state index contributed by atoms with van der Waals surface area (Å²) in [4.78, 5) is 15.9. The van der Waals surface area contributed by atoms with Gasteiger partial charge in [0, 0.05) is 16.6 Å². The van der Waals surface area contributed by atoms with Crippen molar-refractivity contribution in [3.8, 4) is 0 Å². The molecule has 1 heterocycles. The Morgan fingerprint density at radius 2 is 2.19 bits per heavy atom. The van der Waals surface area contributed by atoms with Gasteiger partial charge in [0.1, 0.15) is 5.01 Å². The first kappa shape index (κ1) is 14.7. The van der Waals surface area contributed by atoms with Crippen molar-refractivity contribution in [1.29, 1.82) is 0 Å². The van der Waals surface area contributed by atoms with Crippen LogP contribution in [0.25, 0.3) is 10.2 Å². The summed E-state index contributed by atoms with van der Waals surface area (Å²) < 4.78 is 18.2. The number of hydrogen-bond donors (Lipinski definition) is 0. The monoisotopic (exact) mass is 323 g/mol. The largest absolute Gasteiger partial charge is 0.469 e. The van der Waals surface area contributed by atoms with E-state index in [2.05, 4.69) is 4.98 Å². The minimum absolute atomic E-state index is 0.0887. The lowest BCUT2D eigenvalue weighted by molar-refractivity contribution is -0.141. The fraction of sp³-hybridized carbons (Fsp3) is 0.467. The Hall–Kier alpha value is -1.27. The predicted octanol–water partition coefficient (Wildman–Crippen LogP) is 2.89. The highest BCUT2D eigenvalue weighted by molar-refractivity contribution is 7.84. The van der Waals surface area contributed by atoms with Crippen molar-refractivity contribution in [3.63, 3.8) is 0 Å². The number of rotatable bonds is 6. The Labute approximate surface area is 130 Å². The number of hydrogen-bond acceptors (Lipinski definition) is 5. The van der Waals surface area contributed by atoms with Crippen LogP contribution in [0.2, 0.25) is 0 Å². The zero-order chi connectivity index (χ0) is 14.9. The number of aromatic nitrogens is 1. The van der Waals surface area contributed by atoms with Crippen LogP contribution in [-0.4, -0.2) is 28.0 Å². The Kier molecular flexibility index (Phi) is 4.08. The second kappa shape index (κ2) is 5.85. The molecule has 1 aromatic carbocycles. The molecule has 3 rings (SSSR count). The van der Waals surface area contributed by atoms with Gasteiger partial charge in [-0.2, -0.15) is 0 Å². The van der Waals surface area contributed by atoms with Gasteiger partial charge in [0.15, 0.2) is 0 Å². The van der Waals surface area contributed by atoms with E-state index in [-0.39, 0.29) is 11.4 Å². The number of methoxy groups -OCH3 is 1. The van der Waals surface area contributed by atoms with E-state index in [0.29, 0.717) is 17.9 Å². The Balaban J connectivity index is 1.62. The maximum Gasteiger partial charge on any atom is 0.306 e. The number of fused-ring (bicyclic) bond motifs is 1. The fourth-order valence-corrected chi connectivity index (χ4v) is 5.35. The lowest BCUT2D eigenvalue weighted by Gasteiger charge is -2.12. The molecule has 1 aromatic heterocycles. The fourth-order valence-electron chi connectivity index (χ4n) is 2.44. The molecule has 1 unspecified atom stereocenters. The highest BCUT2D eigenvalue weighted by Crippen LogP contribution is 2.49. The molecule has 0 saturated heterocycles. The van der Waals surface area contributed by atoms with Gasteiger partial charge in [0.2, 0.25) is 0 Å². The topological polar surface area (TPSA) is 56.3 Å². The van der Waals surface area contributed by atoms with Gasteiger partial charge in [-0.25, -0.2) is 4.98 Å². The number of carbonyl (C=O) groups excluding carboxylic acids is 1. The van der Waals surface area contributed by atoms with Crippen LogP contribution < -0.4 is 0 Å². The van der Waals surface area contributed by atoms with E-state index in [4.69, 9.17) is 4.74 Å².